The minimum Gasteiger partial charge on any atom is -0.377 e. The fourth-order valence-electron chi connectivity index (χ4n) is 6.35. The summed E-state index contributed by atoms with van der Waals surface area (Å²) in [5, 5.41) is 0. The Morgan fingerprint density at radius 2 is 1.33 bits per heavy atom. The Morgan fingerprint density at radius 3 is 1.87 bits per heavy atom. The third-order valence-corrected chi connectivity index (χ3v) is 8.70. The van der Waals surface area contributed by atoms with Gasteiger partial charge < -0.3 is 19.4 Å². The SMILES string of the molecule is CCCCCN(CCCCC)C(=O)N1CCN(C(=O)N(c2ccccc2)c2ccccc2)C(CCOCc2cc(C)cc(C)c2)C1. The second kappa shape index (κ2) is 18.3. The maximum atomic E-state index is 14.5. The average molecular weight is 627 g/mol. The molecule has 1 heterocycles. The van der Waals surface area contributed by atoms with Crippen molar-refractivity contribution in [2.75, 3.05) is 44.2 Å². The third-order valence-electron chi connectivity index (χ3n) is 8.70. The van der Waals surface area contributed by atoms with Crippen LogP contribution >= 0.6 is 0 Å². The highest BCUT2D eigenvalue weighted by Crippen LogP contribution is 2.29. The van der Waals surface area contributed by atoms with Gasteiger partial charge in [-0.1, -0.05) is 105 Å². The molecule has 3 aromatic carbocycles. The van der Waals surface area contributed by atoms with Gasteiger partial charge in [0.25, 0.3) is 0 Å². The summed E-state index contributed by atoms with van der Waals surface area (Å²) in [5.74, 6) is 0. The summed E-state index contributed by atoms with van der Waals surface area (Å²) in [6, 6.07) is 26.0. The summed E-state index contributed by atoms with van der Waals surface area (Å²) in [5.41, 5.74) is 5.24. The van der Waals surface area contributed by atoms with Crippen LogP contribution in [0.2, 0.25) is 0 Å². The number of piperazine rings is 1. The molecule has 4 rings (SSSR count). The Bertz CT molecular complexity index is 1280. The molecule has 1 fully saturated rings. The van der Waals surface area contributed by atoms with Crippen molar-refractivity contribution in [3.05, 3.63) is 95.6 Å². The first-order chi connectivity index (χ1) is 22.4. The highest BCUT2D eigenvalue weighted by atomic mass is 16.5. The van der Waals surface area contributed by atoms with Crippen LogP contribution in [0.15, 0.2) is 78.9 Å². The van der Waals surface area contributed by atoms with E-state index < -0.39 is 0 Å². The molecule has 0 saturated carbocycles. The van der Waals surface area contributed by atoms with E-state index in [1.165, 1.54) is 11.1 Å². The standard InChI is InChI=1S/C39H54N4O3/c1-5-7-15-22-40(23-16-8-6-2)38(44)41-24-25-42(37(30-41)21-26-46-31-34-28-32(3)27-33(4)29-34)39(45)43(35-17-11-9-12-18-35)36-19-13-10-14-20-36/h9-14,17-20,27-29,37H,5-8,15-16,21-26,30-31H2,1-4H3. The normalized spacial score (nSPS) is 14.7. The number of anilines is 2. The van der Waals surface area contributed by atoms with Gasteiger partial charge in [0.2, 0.25) is 0 Å². The van der Waals surface area contributed by atoms with Gasteiger partial charge in [0.15, 0.2) is 0 Å². The number of aryl methyl sites for hydroxylation is 2. The molecule has 7 nitrogen and oxygen atoms in total. The van der Waals surface area contributed by atoms with E-state index in [2.05, 4.69) is 50.8 Å². The van der Waals surface area contributed by atoms with Gasteiger partial charge in [-0.15, -0.1) is 0 Å². The smallest absolute Gasteiger partial charge is 0.329 e. The molecule has 1 atom stereocenters. The molecule has 248 valence electrons. The van der Waals surface area contributed by atoms with Crippen molar-refractivity contribution < 1.29 is 14.3 Å². The number of hydrogen-bond acceptors (Lipinski definition) is 3. The highest BCUT2D eigenvalue weighted by molar-refractivity contribution is 5.99. The van der Waals surface area contributed by atoms with Crippen molar-refractivity contribution in [3.8, 4) is 0 Å². The van der Waals surface area contributed by atoms with Gasteiger partial charge in [-0.05, 0) is 62.9 Å². The minimum absolute atomic E-state index is 0.0773. The molecular formula is C39H54N4O3. The lowest BCUT2D eigenvalue weighted by molar-refractivity contribution is 0.0598. The predicted molar refractivity (Wildman–Crippen MR) is 189 cm³/mol. The van der Waals surface area contributed by atoms with Crippen molar-refractivity contribution >= 4 is 23.4 Å². The minimum atomic E-state index is -0.174. The molecule has 1 aliphatic rings. The lowest BCUT2D eigenvalue weighted by Gasteiger charge is -2.44. The maximum absolute atomic E-state index is 14.5. The Kier molecular flexibility index (Phi) is 14.0. The van der Waals surface area contributed by atoms with Crippen molar-refractivity contribution in [1.82, 2.24) is 14.7 Å². The maximum Gasteiger partial charge on any atom is 0.329 e. The Morgan fingerprint density at radius 1 is 0.761 bits per heavy atom. The fourth-order valence-corrected chi connectivity index (χ4v) is 6.35. The Labute approximate surface area is 277 Å². The summed E-state index contributed by atoms with van der Waals surface area (Å²) < 4.78 is 6.20. The fraction of sp³-hybridized carbons (Fsp3) is 0.487. The number of unbranched alkanes of at least 4 members (excludes halogenated alkanes) is 4. The first kappa shape index (κ1) is 35.0. The van der Waals surface area contributed by atoms with E-state index in [-0.39, 0.29) is 18.1 Å². The van der Waals surface area contributed by atoms with Crippen LogP contribution in [-0.4, -0.2) is 72.1 Å². The van der Waals surface area contributed by atoms with Crippen molar-refractivity contribution in [1.29, 1.82) is 0 Å². The van der Waals surface area contributed by atoms with Crippen molar-refractivity contribution in [3.63, 3.8) is 0 Å². The molecule has 1 unspecified atom stereocenters. The van der Waals surface area contributed by atoms with E-state index in [0.29, 0.717) is 39.3 Å². The second-order valence-electron chi connectivity index (χ2n) is 12.6. The zero-order valence-corrected chi connectivity index (χ0v) is 28.5. The molecule has 7 heteroatoms. The molecule has 1 saturated heterocycles. The second-order valence-corrected chi connectivity index (χ2v) is 12.6. The molecule has 1 aliphatic heterocycles. The highest BCUT2D eigenvalue weighted by Gasteiger charge is 2.36. The van der Waals surface area contributed by atoms with Gasteiger partial charge in [0.1, 0.15) is 0 Å². The topological polar surface area (TPSA) is 56.3 Å². The molecule has 0 spiro atoms. The van der Waals surface area contributed by atoms with E-state index in [1.54, 1.807) is 4.90 Å². The first-order valence-corrected chi connectivity index (χ1v) is 17.3. The van der Waals surface area contributed by atoms with Crippen LogP contribution in [0.1, 0.15) is 75.5 Å². The molecule has 4 amide bonds. The number of carbonyl (C=O) groups is 2. The van der Waals surface area contributed by atoms with Crippen molar-refractivity contribution in [2.24, 2.45) is 0 Å². The van der Waals surface area contributed by atoms with Crippen LogP contribution in [-0.2, 0) is 11.3 Å². The summed E-state index contributed by atoms with van der Waals surface area (Å²) in [7, 11) is 0. The van der Waals surface area contributed by atoms with Crippen LogP contribution in [0.5, 0.6) is 0 Å². The number of para-hydroxylation sites is 2. The van der Waals surface area contributed by atoms with E-state index in [4.69, 9.17) is 4.74 Å². The summed E-state index contributed by atoms with van der Waals surface area (Å²) in [6.07, 6.45) is 7.17. The van der Waals surface area contributed by atoms with E-state index in [1.807, 2.05) is 70.5 Å². The Hall–Kier alpha value is -3.84. The number of amides is 4. The van der Waals surface area contributed by atoms with Gasteiger partial charge >= 0.3 is 12.1 Å². The monoisotopic (exact) mass is 626 g/mol. The van der Waals surface area contributed by atoms with Crippen LogP contribution < -0.4 is 4.90 Å². The van der Waals surface area contributed by atoms with Gasteiger partial charge in [-0.25, -0.2) is 9.59 Å². The lowest BCUT2D eigenvalue weighted by atomic mass is 10.1. The van der Waals surface area contributed by atoms with Crippen LogP contribution in [0.4, 0.5) is 21.0 Å². The summed E-state index contributed by atoms with van der Waals surface area (Å²) >= 11 is 0. The largest absolute Gasteiger partial charge is 0.377 e. The number of rotatable bonds is 15. The van der Waals surface area contributed by atoms with Crippen LogP contribution in [0.3, 0.4) is 0 Å². The number of urea groups is 2. The molecule has 0 N–H and O–H groups in total. The number of benzene rings is 3. The third kappa shape index (κ3) is 10.1. The van der Waals surface area contributed by atoms with Gasteiger partial charge in [-0.3, -0.25) is 4.90 Å². The van der Waals surface area contributed by atoms with Crippen LogP contribution in [0, 0.1) is 13.8 Å². The zero-order chi connectivity index (χ0) is 32.7. The number of hydrogen-bond donors (Lipinski definition) is 0. The van der Waals surface area contributed by atoms with Gasteiger partial charge in [0.05, 0.1) is 24.0 Å². The molecule has 46 heavy (non-hydrogen) atoms. The summed E-state index contributed by atoms with van der Waals surface area (Å²) in [6.45, 7) is 12.7. The summed E-state index contributed by atoms with van der Waals surface area (Å²) in [4.78, 5) is 36.3. The Balaban J connectivity index is 1.54. The lowest BCUT2D eigenvalue weighted by Crippen LogP contribution is -2.60. The molecule has 0 bridgehead atoms. The number of ether oxygens (including phenoxy) is 1. The predicted octanol–water partition coefficient (Wildman–Crippen LogP) is 8.96. The number of carbonyl (C=O) groups excluding carboxylic acids is 2. The van der Waals surface area contributed by atoms with Gasteiger partial charge in [0, 0.05) is 39.3 Å². The van der Waals surface area contributed by atoms with E-state index >= 15 is 0 Å². The molecular weight excluding hydrogens is 572 g/mol. The van der Waals surface area contributed by atoms with Crippen LogP contribution in [0.25, 0.3) is 0 Å². The average Bonchev–Trinajstić information content (AvgIpc) is 3.06. The molecule has 0 radical (unpaired) electrons. The van der Waals surface area contributed by atoms with Crippen molar-refractivity contribution in [2.45, 2.75) is 85.3 Å². The van der Waals surface area contributed by atoms with Gasteiger partial charge in [-0.2, -0.15) is 0 Å². The first-order valence-electron chi connectivity index (χ1n) is 17.3. The molecule has 0 aromatic heterocycles. The quantitative estimate of drug-likeness (QED) is 0.158. The molecule has 0 aliphatic carbocycles. The van der Waals surface area contributed by atoms with E-state index in [9.17, 15) is 9.59 Å². The zero-order valence-electron chi connectivity index (χ0n) is 28.5. The van der Waals surface area contributed by atoms with E-state index in [0.717, 1.165) is 68.6 Å². The molecule has 3 aromatic rings. The number of nitrogens with zero attached hydrogens (tertiary/aromatic N) is 4.